The third kappa shape index (κ3) is 5.70. The van der Waals surface area contributed by atoms with Gasteiger partial charge in [-0.25, -0.2) is 17.9 Å². The van der Waals surface area contributed by atoms with Crippen LogP contribution < -0.4 is 4.72 Å². The van der Waals surface area contributed by atoms with Gasteiger partial charge >= 0.3 is 6.09 Å². The number of carbonyl (C=O) groups excluding carboxylic acids is 1. The minimum absolute atomic E-state index is 0.250. The van der Waals surface area contributed by atoms with Crippen molar-refractivity contribution in [2.24, 2.45) is 0 Å². The third-order valence-electron chi connectivity index (χ3n) is 2.89. The number of carbonyl (C=O) groups is 1. The van der Waals surface area contributed by atoms with Gasteiger partial charge in [-0.05, 0) is 18.6 Å². The molecule has 0 heterocycles. The fourth-order valence-corrected chi connectivity index (χ4v) is 2.70. The Balaban J connectivity index is 2.78. The highest BCUT2D eigenvalue weighted by molar-refractivity contribution is 7.90. The first kappa shape index (κ1) is 18.6. The molecule has 1 amide bonds. The van der Waals surface area contributed by atoms with Crippen molar-refractivity contribution in [2.75, 3.05) is 0 Å². The Kier molecular flexibility index (Phi) is 6.70. The molecule has 0 spiro atoms. The Morgan fingerprint density at radius 1 is 1.43 bits per heavy atom. The van der Waals surface area contributed by atoms with Crippen LogP contribution in [-0.2, 0) is 14.8 Å². The number of hydrogen-bond donors (Lipinski definition) is 1. The summed E-state index contributed by atoms with van der Waals surface area (Å²) in [5.41, 5.74) is -0.250. The second kappa shape index (κ2) is 8.28. The van der Waals surface area contributed by atoms with Crippen molar-refractivity contribution in [2.45, 2.75) is 37.2 Å². The van der Waals surface area contributed by atoms with Gasteiger partial charge in [0.25, 0.3) is 15.7 Å². The van der Waals surface area contributed by atoms with E-state index in [4.69, 9.17) is 4.74 Å². The van der Waals surface area contributed by atoms with Gasteiger partial charge < -0.3 is 4.74 Å². The van der Waals surface area contributed by atoms with Crippen molar-refractivity contribution in [1.82, 2.24) is 4.72 Å². The zero-order chi connectivity index (χ0) is 17.5. The lowest BCUT2D eigenvalue weighted by Crippen LogP contribution is -2.33. The van der Waals surface area contributed by atoms with E-state index in [1.807, 2.05) is 6.92 Å². The summed E-state index contributed by atoms with van der Waals surface area (Å²) in [5, 5.41) is 10.5. The normalized spacial score (nSPS) is 12.2. The molecule has 1 rings (SSSR count). The van der Waals surface area contributed by atoms with Crippen LogP contribution in [-0.4, -0.2) is 25.5 Å². The molecule has 0 aliphatic rings. The number of hydrogen-bond acceptors (Lipinski definition) is 6. The van der Waals surface area contributed by atoms with Crippen LogP contribution in [0.25, 0.3) is 0 Å². The lowest BCUT2D eigenvalue weighted by molar-refractivity contribution is -0.384. The van der Waals surface area contributed by atoms with Crippen LogP contribution in [0.4, 0.5) is 10.5 Å². The van der Waals surface area contributed by atoms with E-state index in [-0.39, 0.29) is 10.6 Å². The summed E-state index contributed by atoms with van der Waals surface area (Å²) in [5.74, 6) is 0. The van der Waals surface area contributed by atoms with E-state index in [0.29, 0.717) is 12.8 Å². The van der Waals surface area contributed by atoms with Crippen molar-refractivity contribution in [1.29, 1.82) is 0 Å². The first-order valence-corrected chi connectivity index (χ1v) is 8.37. The standard InChI is InChI=1S/C14H18N2O6S/c1-3-5-12(6-4-2)22-14(17)15-23(20,21)13-9-7-11(8-10-13)16(18)19/h3,7-10,12H,1,4-6H2,2H3,(H,15,17). The van der Waals surface area contributed by atoms with Gasteiger partial charge in [-0.15, -0.1) is 6.58 Å². The summed E-state index contributed by atoms with van der Waals surface area (Å²) in [6.45, 7) is 5.46. The lowest BCUT2D eigenvalue weighted by Gasteiger charge is -2.16. The quantitative estimate of drug-likeness (QED) is 0.441. The van der Waals surface area contributed by atoms with Crippen molar-refractivity contribution < 1.29 is 22.9 Å². The average molecular weight is 342 g/mol. The Bertz CT molecular complexity index is 669. The van der Waals surface area contributed by atoms with E-state index < -0.39 is 27.1 Å². The molecule has 126 valence electrons. The molecule has 23 heavy (non-hydrogen) atoms. The fourth-order valence-electron chi connectivity index (χ4n) is 1.82. The Labute approximate surface area is 134 Å². The van der Waals surface area contributed by atoms with Crippen molar-refractivity contribution in [3.8, 4) is 0 Å². The number of nitro benzene ring substituents is 1. The highest BCUT2D eigenvalue weighted by Crippen LogP contribution is 2.16. The van der Waals surface area contributed by atoms with Gasteiger partial charge in [-0.2, -0.15) is 0 Å². The molecular weight excluding hydrogens is 324 g/mol. The molecule has 0 aromatic heterocycles. The average Bonchev–Trinajstić information content (AvgIpc) is 2.47. The van der Waals surface area contributed by atoms with Crippen LogP contribution in [0.2, 0.25) is 0 Å². The molecule has 0 bridgehead atoms. The second-order valence-corrected chi connectivity index (χ2v) is 6.38. The SMILES string of the molecule is C=CCC(CCC)OC(=O)NS(=O)(=O)c1ccc([N+](=O)[O-])cc1. The van der Waals surface area contributed by atoms with Crippen molar-refractivity contribution in [3.05, 3.63) is 47.0 Å². The van der Waals surface area contributed by atoms with Gasteiger partial charge in [0.2, 0.25) is 0 Å². The van der Waals surface area contributed by atoms with E-state index in [1.54, 1.807) is 10.8 Å². The topological polar surface area (TPSA) is 116 Å². The maximum atomic E-state index is 12.0. The molecule has 1 atom stereocenters. The van der Waals surface area contributed by atoms with Gasteiger partial charge in [0.05, 0.1) is 9.82 Å². The van der Waals surface area contributed by atoms with E-state index in [9.17, 15) is 23.3 Å². The number of benzene rings is 1. The van der Waals surface area contributed by atoms with Crippen LogP contribution in [0, 0.1) is 10.1 Å². The van der Waals surface area contributed by atoms with Gasteiger partial charge in [-0.1, -0.05) is 19.4 Å². The number of sulfonamides is 1. The number of non-ortho nitro benzene ring substituents is 1. The van der Waals surface area contributed by atoms with Crippen LogP contribution in [0.15, 0.2) is 41.8 Å². The minimum atomic E-state index is -4.15. The highest BCUT2D eigenvalue weighted by Gasteiger charge is 2.21. The molecule has 1 aromatic carbocycles. The number of amides is 1. The highest BCUT2D eigenvalue weighted by atomic mass is 32.2. The van der Waals surface area contributed by atoms with Crippen LogP contribution >= 0.6 is 0 Å². The van der Waals surface area contributed by atoms with Crippen LogP contribution in [0.1, 0.15) is 26.2 Å². The number of rotatable bonds is 8. The van der Waals surface area contributed by atoms with Crippen molar-refractivity contribution >= 4 is 21.8 Å². The molecule has 9 heteroatoms. The molecule has 0 saturated heterocycles. The molecule has 0 aliphatic heterocycles. The molecule has 8 nitrogen and oxygen atoms in total. The number of nitrogens with one attached hydrogen (secondary N) is 1. The molecule has 1 aromatic rings. The first-order valence-electron chi connectivity index (χ1n) is 6.89. The number of ether oxygens (including phenoxy) is 1. The number of nitro groups is 1. The summed E-state index contributed by atoms with van der Waals surface area (Å²) in [6.07, 6.45) is 1.79. The fraction of sp³-hybridized carbons (Fsp3) is 0.357. The molecule has 0 radical (unpaired) electrons. The van der Waals surface area contributed by atoms with Gasteiger partial charge in [0.15, 0.2) is 0 Å². The Morgan fingerprint density at radius 3 is 2.52 bits per heavy atom. The monoisotopic (exact) mass is 342 g/mol. The van der Waals surface area contributed by atoms with E-state index in [2.05, 4.69) is 6.58 Å². The first-order chi connectivity index (χ1) is 10.8. The summed E-state index contributed by atoms with van der Waals surface area (Å²) >= 11 is 0. The predicted octanol–water partition coefficient (Wildman–Crippen LogP) is 2.75. The molecular formula is C14H18N2O6S. The molecule has 1 N–H and O–H groups in total. The van der Waals surface area contributed by atoms with E-state index in [0.717, 1.165) is 30.7 Å². The molecule has 0 saturated carbocycles. The minimum Gasteiger partial charge on any atom is -0.445 e. The van der Waals surface area contributed by atoms with Gasteiger partial charge in [-0.3, -0.25) is 10.1 Å². The summed E-state index contributed by atoms with van der Waals surface area (Å²) in [7, 11) is -4.15. The summed E-state index contributed by atoms with van der Waals surface area (Å²) < 4.78 is 30.9. The molecule has 0 fully saturated rings. The largest absolute Gasteiger partial charge is 0.445 e. The molecule has 0 aliphatic carbocycles. The van der Waals surface area contributed by atoms with Crippen molar-refractivity contribution in [3.63, 3.8) is 0 Å². The maximum absolute atomic E-state index is 12.0. The lowest BCUT2D eigenvalue weighted by atomic mass is 10.1. The molecule has 1 unspecified atom stereocenters. The maximum Gasteiger partial charge on any atom is 0.421 e. The zero-order valence-corrected chi connectivity index (χ0v) is 13.4. The third-order valence-corrected chi connectivity index (χ3v) is 4.22. The van der Waals surface area contributed by atoms with E-state index in [1.165, 1.54) is 0 Å². The summed E-state index contributed by atoms with van der Waals surface area (Å²) in [4.78, 5) is 21.3. The summed E-state index contributed by atoms with van der Waals surface area (Å²) in [6, 6.07) is 4.16. The van der Waals surface area contributed by atoms with E-state index >= 15 is 0 Å². The zero-order valence-electron chi connectivity index (χ0n) is 12.6. The van der Waals surface area contributed by atoms with Crippen LogP contribution in [0.5, 0.6) is 0 Å². The van der Waals surface area contributed by atoms with Crippen LogP contribution in [0.3, 0.4) is 0 Å². The van der Waals surface area contributed by atoms with Gasteiger partial charge in [0, 0.05) is 18.6 Å². The smallest absolute Gasteiger partial charge is 0.421 e. The second-order valence-electron chi connectivity index (χ2n) is 4.70. The van der Waals surface area contributed by atoms with Gasteiger partial charge in [0.1, 0.15) is 6.10 Å². The Hall–Kier alpha value is -2.42. The predicted molar refractivity (Wildman–Crippen MR) is 83.4 cm³/mol. The number of nitrogens with zero attached hydrogens (tertiary/aromatic N) is 1. The Morgan fingerprint density at radius 2 is 2.04 bits per heavy atom.